The second kappa shape index (κ2) is 6.64. The van der Waals surface area contributed by atoms with Gasteiger partial charge in [-0.15, -0.1) is 11.3 Å². The fourth-order valence-corrected chi connectivity index (χ4v) is 3.02. The van der Waals surface area contributed by atoms with E-state index in [4.69, 9.17) is 11.6 Å². The molecule has 0 spiro atoms. The number of carbonyl (C=O) groups excluding carboxylic acids is 1. The predicted octanol–water partition coefficient (Wildman–Crippen LogP) is 3.18. The Hall–Kier alpha value is -2.31. The average molecular weight is 331 g/mol. The first kappa shape index (κ1) is 14.6. The number of nitrogens with zero attached hydrogens (tertiary/aromatic N) is 3. The molecule has 0 unspecified atom stereocenters. The SMILES string of the molecule is O=C(NCc1cccnc1)c1sc(-c2cccnc2)nc1Cl. The molecule has 22 heavy (non-hydrogen) atoms. The van der Waals surface area contributed by atoms with Crippen LogP contribution < -0.4 is 5.32 Å². The van der Waals surface area contributed by atoms with Gasteiger partial charge in [0, 0.05) is 36.9 Å². The molecule has 0 saturated carbocycles. The quantitative estimate of drug-likeness (QED) is 0.797. The number of aromatic nitrogens is 3. The van der Waals surface area contributed by atoms with Crippen LogP contribution in [0.15, 0.2) is 49.1 Å². The van der Waals surface area contributed by atoms with Gasteiger partial charge in [-0.05, 0) is 23.8 Å². The van der Waals surface area contributed by atoms with Gasteiger partial charge >= 0.3 is 0 Å². The molecule has 3 heterocycles. The molecule has 0 fully saturated rings. The lowest BCUT2D eigenvalue weighted by Crippen LogP contribution is -2.22. The number of amides is 1. The topological polar surface area (TPSA) is 67.8 Å². The highest BCUT2D eigenvalue weighted by Crippen LogP contribution is 2.30. The van der Waals surface area contributed by atoms with Crippen molar-refractivity contribution < 1.29 is 4.79 Å². The maximum Gasteiger partial charge on any atom is 0.264 e. The smallest absolute Gasteiger partial charge is 0.264 e. The van der Waals surface area contributed by atoms with E-state index in [2.05, 4.69) is 20.3 Å². The third-order valence-electron chi connectivity index (χ3n) is 2.88. The molecule has 110 valence electrons. The summed E-state index contributed by atoms with van der Waals surface area (Å²) in [6, 6.07) is 7.40. The van der Waals surface area contributed by atoms with Crippen molar-refractivity contribution in [1.29, 1.82) is 0 Å². The van der Waals surface area contributed by atoms with Gasteiger partial charge in [0.25, 0.3) is 5.91 Å². The van der Waals surface area contributed by atoms with Gasteiger partial charge in [0.1, 0.15) is 9.88 Å². The van der Waals surface area contributed by atoms with Gasteiger partial charge in [-0.3, -0.25) is 14.8 Å². The summed E-state index contributed by atoms with van der Waals surface area (Å²) in [4.78, 5) is 24.9. The summed E-state index contributed by atoms with van der Waals surface area (Å²) in [6.07, 6.45) is 6.76. The molecular formula is C15H11ClN4OS. The maximum atomic E-state index is 12.2. The van der Waals surface area contributed by atoms with Gasteiger partial charge in [-0.1, -0.05) is 17.7 Å². The van der Waals surface area contributed by atoms with Gasteiger partial charge < -0.3 is 5.32 Å². The van der Waals surface area contributed by atoms with Gasteiger partial charge in [0.2, 0.25) is 0 Å². The molecule has 0 radical (unpaired) electrons. The molecule has 3 aromatic heterocycles. The van der Waals surface area contributed by atoms with Crippen LogP contribution in [0.25, 0.3) is 10.6 Å². The summed E-state index contributed by atoms with van der Waals surface area (Å²) in [7, 11) is 0. The lowest BCUT2D eigenvalue weighted by Gasteiger charge is -2.02. The van der Waals surface area contributed by atoms with Crippen LogP contribution in [-0.2, 0) is 6.54 Å². The Kier molecular flexibility index (Phi) is 4.41. The lowest BCUT2D eigenvalue weighted by molar-refractivity contribution is 0.0955. The van der Waals surface area contributed by atoms with Gasteiger partial charge in [0.15, 0.2) is 5.15 Å². The minimum atomic E-state index is -0.249. The Labute approximate surface area is 136 Å². The van der Waals surface area contributed by atoms with Crippen molar-refractivity contribution in [2.45, 2.75) is 6.54 Å². The van der Waals surface area contributed by atoms with Crippen molar-refractivity contribution in [3.63, 3.8) is 0 Å². The Morgan fingerprint density at radius 2 is 1.95 bits per heavy atom. The number of hydrogen-bond acceptors (Lipinski definition) is 5. The van der Waals surface area contributed by atoms with Crippen molar-refractivity contribution in [2.24, 2.45) is 0 Å². The molecule has 0 aliphatic heterocycles. The molecule has 5 nitrogen and oxygen atoms in total. The molecule has 7 heteroatoms. The van der Waals surface area contributed by atoms with Crippen LogP contribution in [0.4, 0.5) is 0 Å². The van der Waals surface area contributed by atoms with Crippen LogP contribution in [0.1, 0.15) is 15.2 Å². The normalized spacial score (nSPS) is 10.4. The standard InChI is InChI=1S/C15H11ClN4OS/c16-13-12(14(21)19-8-10-3-1-5-17-7-10)22-15(20-13)11-4-2-6-18-9-11/h1-7,9H,8H2,(H,19,21). The molecule has 0 aliphatic carbocycles. The minimum absolute atomic E-state index is 0.201. The third-order valence-corrected chi connectivity index (χ3v) is 4.37. The summed E-state index contributed by atoms with van der Waals surface area (Å²) in [5, 5.41) is 3.68. The molecule has 0 bridgehead atoms. The Bertz CT molecular complexity index is 777. The lowest BCUT2D eigenvalue weighted by atomic mass is 10.3. The highest BCUT2D eigenvalue weighted by Gasteiger charge is 2.17. The van der Waals surface area contributed by atoms with E-state index >= 15 is 0 Å². The van der Waals surface area contributed by atoms with Crippen LogP contribution in [0, 0.1) is 0 Å². The monoisotopic (exact) mass is 330 g/mol. The van der Waals surface area contributed by atoms with E-state index in [-0.39, 0.29) is 11.1 Å². The first-order valence-electron chi connectivity index (χ1n) is 6.48. The zero-order valence-electron chi connectivity index (χ0n) is 11.4. The van der Waals surface area contributed by atoms with Crippen LogP contribution in [0.2, 0.25) is 5.15 Å². The number of pyridine rings is 2. The first-order valence-corrected chi connectivity index (χ1v) is 7.67. The largest absolute Gasteiger partial charge is 0.347 e. The van der Waals surface area contributed by atoms with Crippen molar-refractivity contribution in [3.05, 3.63) is 64.6 Å². The molecule has 1 amide bonds. The molecule has 0 atom stereocenters. The van der Waals surface area contributed by atoms with Gasteiger partial charge in [-0.25, -0.2) is 4.98 Å². The highest BCUT2D eigenvalue weighted by atomic mass is 35.5. The molecular weight excluding hydrogens is 320 g/mol. The molecule has 1 N–H and O–H groups in total. The van der Waals surface area contributed by atoms with Crippen LogP contribution in [-0.4, -0.2) is 20.9 Å². The Morgan fingerprint density at radius 1 is 1.18 bits per heavy atom. The second-order valence-electron chi connectivity index (χ2n) is 4.42. The molecule has 0 saturated heterocycles. The fraction of sp³-hybridized carbons (Fsp3) is 0.0667. The number of carbonyl (C=O) groups is 1. The Morgan fingerprint density at radius 3 is 2.64 bits per heavy atom. The van der Waals surface area contributed by atoms with Crippen molar-refractivity contribution in [3.8, 4) is 10.6 Å². The van der Waals surface area contributed by atoms with E-state index in [0.717, 1.165) is 11.1 Å². The fourth-order valence-electron chi connectivity index (χ4n) is 1.82. The van der Waals surface area contributed by atoms with Crippen LogP contribution in [0.3, 0.4) is 0 Å². The number of hydrogen-bond donors (Lipinski definition) is 1. The second-order valence-corrected chi connectivity index (χ2v) is 5.78. The van der Waals surface area contributed by atoms with Crippen LogP contribution >= 0.6 is 22.9 Å². The number of nitrogens with one attached hydrogen (secondary N) is 1. The van der Waals surface area contributed by atoms with E-state index in [1.807, 2.05) is 24.3 Å². The molecule has 3 aromatic rings. The summed E-state index contributed by atoms with van der Waals surface area (Å²) < 4.78 is 0. The van der Waals surface area contributed by atoms with Crippen molar-refractivity contribution >= 4 is 28.8 Å². The van der Waals surface area contributed by atoms with E-state index < -0.39 is 0 Å². The van der Waals surface area contributed by atoms with E-state index in [9.17, 15) is 4.79 Å². The average Bonchev–Trinajstić information content (AvgIpc) is 2.96. The number of halogens is 1. The summed E-state index contributed by atoms with van der Waals surface area (Å²) in [6.45, 7) is 0.392. The number of thiazole rings is 1. The highest BCUT2D eigenvalue weighted by molar-refractivity contribution is 7.17. The maximum absolute atomic E-state index is 12.2. The van der Waals surface area contributed by atoms with Gasteiger partial charge in [0.05, 0.1) is 0 Å². The zero-order chi connectivity index (χ0) is 15.4. The number of rotatable bonds is 4. The van der Waals surface area contributed by atoms with Gasteiger partial charge in [-0.2, -0.15) is 0 Å². The van der Waals surface area contributed by atoms with Crippen molar-refractivity contribution in [1.82, 2.24) is 20.3 Å². The summed E-state index contributed by atoms with van der Waals surface area (Å²) in [5.74, 6) is -0.249. The first-order chi connectivity index (χ1) is 10.7. The van der Waals surface area contributed by atoms with Crippen LogP contribution in [0.5, 0.6) is 0 Å². The minimum Gasteiger partial charge on any atom is -0.347 e. The molecule has 0 aliphatic rings. The van der Waals surface area contributed by atoms with E-state index in [1.165, 1.54) is 11.3 Å². The van der Waals surface area contributed by atoms with E-state index in [0.29, 0.717) is 16.4 Å². The van der Waals surface area contributed by atoms with E-state index in [1.54, 1.807) is 24.8 Å². The molecule has 0 aromatic carbocycles. The Balaban J connectivity index is 1.74. The van der Waals surface area contributed by atoms with Crippen molar-refractivity contribution in [2.75, 3.05) is 0 Å². The molecule has 3 rings (SSSR count). The third kappa shape index (κ3) is 3.29. The summed E-state index contributed by atoms with van der Waals surface area (Å²) >= 11 is 7.32. The predicted molar refractivity (Wildman–Crippen MR) is 85.8 cm³/mol. The summed E-state index contributed by atoms with van der Waals surface area (Å²) in [5.41, 5.74) is 1.75. The zero-order valence-corrected chi connectivity index (χ0v) is 12.9.